The van der Waals surface area contributed by atoms with Crippen LogP contribution >= 0.6 is 0 Å². The fourth-order valence-electron chi connectivity index (χ4n) is 1.34. The number of H-pyrrole nitrogens is 1. The molecule has 0 aliphatic heterocycles. The Hall–Kier alpha value is -1.91. The average molecular weight is 177 g/mol. The molecule has 0 aliphatic carbocycles. The molecule has 1 N–H and O–H groups in total. The molecule has 0 saturated heterocycles. The number of hydrogen-bond donors (Lipinski definition) is 1. The lowest BCUT2D eigenvalue weighted by Gasteiger charge is -1.96. The van der Waals surface area contributed by atoms with Gasteiger partial charge < -0.3 is 4.98 Å². The molecule has 1 aromatic heterocycles. The Labute approximate surface area is 73.6 Å². The standard InChI is InChI=1S/C8H7N3O2/c1-5-7(11(12)13)3-2-6-8(5)10-4-9-6/h2-4H,1H3,(H,9,10). The molecule has 0 amide bonds. The molecule has 0 bridgehead atoms. The third-order valence-corrected chi connectivity index (χ3v) is 2.01. The van der Waals surface area contributed by atoms with Gasteiger partial charge in [-0.2, -0.15) is 0 Å². The van der Waals surface area contributed by atoms with Gasteiger partial charge in [0, 0.05) is 6.07 Å². The van der Waals surface area contributed by atoms with Crippen molar-refractivity contribution in [3.05, 3.63) is 34.1 Å². The monoisotopic (exact) mass is 177 g/mol. The number of imidazole rings is 1. The zero-order chi connectivity index (χ0) is 9.42. The summed E-state index contributed by atoms with van der Waals surface area (Å²) in [5, 5.41) is 10.6. The fourth-order valence-corrected chi connectivity index (χ4v) is 1.34. The molecule has 66 valence electrons. The normalized spacial score (nSPS) is 10.5. The Balaban J connectivity index is 2.80. The maximum absolute atomic E-state index is 10.6. The fraction of sp³-hybridized carbons (Fsp3) is 0.125. The zero-order valence-electron chi connectivity index (χ0n) is 6.94. The third-order valence-electron chi connectivity index (χ3n) is 2.01. The molecular formula is C8H7N3O2. The highest BCUT2D eigenvalue weighted by molar-refractivity contribution is 5.81. The van der Waals surface area contributed by atoms with Crippen molar-refractivity contribution >= 4 is 16.7 Å². The van der Waals surface area contributed by atoms with Crippen LogP contribution in [0.25, 0.3) is 11.0 Å². The zero-order valence-corrected chi connectivity index (χ0v) is 6.94. The minimum Gasteiger partial charge on any atom is -0.345 e. The van der Waals surface area contributed by atoms with Crippen LogP contribution in [0.4, 0.5) is 5.69 Å². The topological polar surface area (TPSA) is 71.8 Å². The Morgan fingerprint density at radius 2 is 2.31 bits per heavy atom. The molecular weight excluding hydrogens is 170 g/mol. The molecule has 5 nitrogen and oxygen atoms in total. The molecule has 1 heterocycles. The summed E-state index contributed by atoms with van der Waals surface area (Å²) in [6, 6.07) is 3.14. The second kappa shape index (κ2) is 2.55. The second-order valence-corrected chi connectivity index (χ2v) is 2.77. The lowest BCUT2D eigenvalue weighted by Crippen LogP contribution is -1.91. The maximum Gasteiger partial charge on any atom is 0.274 e. The van der Waals surface area contributed by atoms with Gasteiger partial charge in [0.05, 0.1) is 27.8 Å². The Kier molecular flexibility index (Phi) is 1.51. The van der Waals surface area contributed by atoms with Gasteiger partial charge in [0.25, 0.3) is 5.69 Å². The molecule has 13 heavy (non-hydrogen) atoms. The van der Waals surface area contributed by atoms with Crippen LogP contribution in [0.3, 0.4) is 0 Å². The van der Waals surface area contributed by atoms with E-state index in [1.807, 2.05) is 0 Å². The van der Waals surface area contributed by atoms with Crippen molar-refractivity contribution in [1.82, 2.24) is 9.97 Å². The molecule has 1 aromatic carbocycles. The van der Waals surface area contributed by atoms with Gasteiger partial charge in [0.15, 0.2) is 0 Å². The van der Waals surface area contributed by atoms with Crippen LogP contribution in [0, 0.1) is 17.0 Å². The van der Waals surface area contributed by atoms with Gasteiger partial charge >= 0.3 is 0 Å². The van der Waals surface area contributed by atoms with E-state index in [1.165, 1.54) is 12.4 Å². The van der Waals surface area contributed by atoms with Gasteiger partial charge in [-0.15, -0.1) is 0 Å². The molecule has 0 radical (unpaired) electrons. The Bertz CT molecular complexity index is 475. The van der Waals surface area contributed by atoms with Crippen LogP contribution in [0.2, 0.25) is 0 Å². The Morgan fingerprint density at radius 1 is 1.54 bits per heavy atom. The van der Waals surface area contributed by atoms with E-state index in [0.29, 0.717) is 11.1 Å². The van der Waals surface area contributed by atoms with Crippen molar-refractivity contribution in [2.24, 2.45) is 0 Å². The van der Waals surface area contributed by atoms with E-state index in [9.17, 15) is 10.1 Å². The van der Waals surface area contributed by atoms with Gasteiger partial charge in [-0.05, 0) is 13.0 Å². The minimum atomic E-state index is -0.399. The van der Waals surface area contributed by atoms with E-state index in [0.717, 1.165) is 5.52 Å². The van der Waals surface area contributed by atoms with Crippen molar-refractivity contribution in [2.45, 2.75) is 6.92 Å². The second-order valence-electron chi connectivity index (χ2n) is 2.77. The summed E-state index contributed by atoms with van der Waals surface area (Å²) in [7, 11) is 0. The SMILES string of the molecule is Cc1c([N+](=O)[O-])ccc2[nH]cnc12. The number of nitrogens with one attached hydrogen (secondary N) is 1. The van der Waals surface area contributed by atoms with Crippen LogP contribution in [0.1, 0.15) is 5.56 Å². The van der Waals surface area contributed by atoms with Crippen LogP contribution in [0.5, 0.6) is 0 Å². The first-order chi connectivity index (χ1) is 6.20. The summed E-state index contributed by atoms with van der Waals surface area (Å²) in [5.74, 6) is 0. The van der Waals surface area contributed by atoms with Crippen LogP contribution in [-0.4, -0.2) is 14.9 Å². The summed E-state index contributed by atoms with van der Waals surface area (Å²) in [4.78, 5) is 17.0. The van der Waals surface area contributed by atoms with E-state index in [2.05, 4.69) is 9.97 Å². The number of nitro benzene ring substituents is 1. The van der Waals surface area contributed by atoms with E-state index in [4.69, 9.17) is 0 Å². The highest BCUT2D eigenvalue weighted by Crippen LogP contribution is 2.23. The molecule has 0 aliphatic rings. The van der Waals surface area contributed by atoms with E-state index >= 15 is 0 Å². The number of aromatic nitrogens is 2. The van der Waals surface area contributed by atoms with Gasteiger partial charge in [-0.25, -0.2) is 4.98 Å². The quantitative estimate of drug-likeness (QED) is 0.533. The first-order valence-corrected chi connectivity index (χ1v) is 3.77. The predicted molar refractivity (Wildman–Crippen MR) is 47.5 cm³/mol. The first kappa shape index (κ1) is 7.72. The van der Waals surface area contributed by atoms with Gasteiger partial charge in [-0.3, -0.25) is 10.1 Å². The highest BCUT2D eigenvalue weighted by atomic mass is 16.6. The number of aryl methyl sites for hydroxylation is 1. The lowest BCUT2D eigenvalue weighted by atomic mass is 10.1. The van der Waals surface area contributed by atoms with E-state index in [-0.39, 0.29) is 5.69 Å². The largest absolute Gasteiger partial charge is 0.345 e. The molecule has 0 fully saturated rings. The summed E-state index contributed by atoms with van der Waals surface area (Å²) < 4.78 is 0. The molecule has 0 unspecified atom stereocenters. The van der Waals surface area contributed by atoms with Crippen molar-refractivity contribution in [2.75, 3.05) is 0 Å². The van der Waals surface area contributed by atoms with Crippen molar-refractivity contribution in [3.8, 4) is 0 Å². The van der Waals surface area contributed by atoms with Crippen LogP contribution < -0.4 is 0 Å². The number of nitrogens with zero attached hydrogens (tertiary/aromatic N) is 2. The number of aromatic amines is 1. The number of fused-ring (bicyclic) bond motifs is 1. The molecule has 0 spiro atoms. The summed E-state index contributed by atoms with van der Waals surface area (Å²) >= 11 is 0. The molecule has 2 aromatic rings. The van der Waals surface area contributed by atoms with E-state index < -0.39 is 4.92 Å². The van der Waals surface area contributed by atoms with Gasteiger partial charge in [0.1, 0.15) is 0 Å². The molecule has 5 heteroatoms. The Morgan fingerprint density at radius 3 is 3.00 bits per heavy atom. The maximum atomic E-state index is 10.6. The summed E-state index contributed by atoms with van der Waals surface area (Å²) in [5.41, 5.74) is 2.20. The van der Waals surface area contributed by atoms with Crippen LogP contribution in [-0.2, 0) is 0 Å². The predicted octanol–water partition coefficient (Wildman–Crippen LogP) is 1.78. The third kappa shape index (κ3) is 1.05. The number of nitro groups is 1. The minimum absolute atomic E-state index is 0.111. The molecule has 2 rings (SSSR count). The number of benzene rings is 1. The summed E-state index contributed by atoms with van der Waals surface area (Å²) in [6.07, 6.45) is 1.53. The number of hydrogen-bond acceptors (Lipinski definition) is 3. The average Bonchev–Trinajstić information content (AvgIpc) is 2.52. The summed E-state index contributed by atoms with van der Waals surface area (Å²) in [6.45, 7) is 1.70. The van der Waals surface area contributed by atoms with Crippen molar-refractivity contribution in [3.63, 3.8) is 0 Å². The van der Waals surface area contributed by atoms with Crippen molar-refractivity contribution < 1.29 is 4.92 Å². The lowest BCUT2D eigenvalue weighted by molar-refractivity contribution is -0.385. The smallest absolute Gasteiger partial charge is 0.274 e. The molecule has 0 saturated carbocycles. The number of rotatable bonds is 1. The first-order valence-electron chi connectivity index (χ1n) is 3.77. The van der Waals surface area contributed by atoms with Gasteiger partial charge in [-0.1, -0.05) is 0 Å². The highest BCUT2D eigenvalue weighted by Gasteiger charge is 2.13. The van der Waals surface area contributed by atoms with E-state index in [1.54, 1.807) is 13.0 Å². The van der Waals surface area contributed by atoms with Crippen molar-refractivity contribution in [1.29, 1.82) is 0 Å². The molecule has 0 atom stereocenters. The van der Waals surface area contributed by atoms with Gasteiger partial charge in [0.2, 0.25) is 0 Å². The van der Waals surface area contributed by atoms with Crippen LogP contribution in [0.15, 0.2) is 18.5 Å².